The van der Waals surface area contributed by atoms with Crippen molar-refractivity contribution in [1.29, 1.82) is 0 Å². The number of benzene rings is 2. The summed E-state index contributed by atoms with van der Waals surface area (Å²) in [4.78, 5) is 70.1. The summed E-state index contributed by atoms with van der Waals surface area (Å²) >= 11 is 0. The fourth-order valence-corrected chi connectivity index (χ4v) is 10.7. The fraction of sp³-hybridized carbons (Fsp3) is 0.532. The van der Waals surface area contributed by atoms with Gasteiger partial charge in [0, 0.05) is 62.4 Å². The number of carbonyl (C=O) groups is 4. The molecule has 6 heterocycles. The molecule has 10 rings (SSSR count). The van der Waals surface area contributed by atoms with E-state index in [-0.39, 0.29) is 47.8 Å². The number of rotatable bonds is 9. The number of H-pyrrole nitrogens is 1. The number of aliphatic imine (C=N–C) groups is 1. The number of imidazole rings is 1. The Morgan fingerprint density at radius 1 is 0.758 bits per heavy atom. The second-order valence-electron chi connectivity index (χ2n) is 17.9. The minimum absolute atomic E-state index is 0.00620. The third-order valence-corrected chi connectivity index (χ3v) is 14.2. The van der Waals surface area contributed by atoms with E-state index in [0.29, 0.717) is 81.9 Å². The lowest BCUT2D eigenvalue weighted by molar-refractivity contribution is -0.138. The van der Waals surface area contributed by atoms with Gasteiger partial charge in [-0.05, 0) is 121 Å². The molecule has 324 valence electrons. The van der Waals surface area contributed by atoms with Crippen LogP contribution in [0, 0.1) is 35.5 Å². The molecule has 62 heavy (non-hydrogen) atoms. The van der Waals surface area contributed by atoms with Crippen molar-refractivity contribution >= 4 is 46.1 Å². The quantitative estimate of drug-likeness (QED) is 0.248. The molecule has 0 unspecified atom stereocenters. The van der Waals surface area contributed by atoms with Gasteiger partial charge in [-0.25, -0.2) is 14.6 Å². The third-order valence-electron chi connectivity index (χ3n) is 14.2. The molecule has 0 spiro atoms. The van der Waals surface area contributed by atoms with Crippen LogP contribution >= 0.6 is 0 Å². The first kappa shape index (κ1) is 40.4. The van der Waals surface area contributed by atoms with E-state index < -0.39 is 24.3 Å². The van der Waals surface area contributed by atoms with Gasteiger partial charge in [-0.1, -0.05) is 24.1 Å². The highest BCUT2D eigenvalue weighted by molar-refractivity contribution is 6.05. The van der Waals surface area contributed by atoms with Gasteiger partial charge in [0.15, 0.2) is 0 Å². The Morgan fingerprint density at radius 3 is 1.97 bits per heavy atom. The molecule has 2 saturated carbocycles. The Balaban J connectivity index is 0.795. The number of amides is 4. The van der Waals surface area contributed by atoms with Crippen molar-refractivity contribution < 1.29 is 38.1 Å². The van der Waals surface area contributed by atoms with Gasteiger partial charge in [0.2, 0.25) is 11.8 Å². The van der Waals surface area contributed by atoms with Gasteiger partial charge in [0.25, 0.3) is 0 Å². The number of piperidine rings is 2. The van der Waals surface area contributed by atoms with E-state index in [4.69, 9.17) is 28.9 Å². The average Bonchev–Trinajstić information content (AvgIpc) is 3.90. The molecule has 2 aliphatic carbocycles. The molecule has 8 atom stereocenters. The smallest absolute Gasteiger partial charge is 0.407 e. The second kappa shape index (κ2) is 16.9. The van der Waals surface area contributed by atoms with E-state index in [2.05, 4.69) is 57.8 Å². The van der Waals surface area contributed by atoms with E-state index in [1.807, 2.05) is 22.1 Å². The fourth-order valence-electron chi connectivity index (χ4n) is 10.7. The summed E-state index contributed by atoms with van der Waals surface area (Å²) in [5.41, 5.74) is 4.73. The van der Waals surface area contributed by atoms with Gasteiger partial charge in [0.05, 0.1) is 32.5 Å². The Bertz CT molecular complexity index is 2390. The first-order chi connectivity index (χ1) is 30.3. The highest BCUT2D eigenvalue weighted by Crippen LogP contribution is 2.54. The van der Waals surface area contributed by atoms with Crippen molar-refractivity contribution in [3.8, 4) is 11.8 Å². The lowest BCUT2D eigenvalue weighted by Gasteiger charge is -2.36. The van der Waals surface area contributed by atoms with Gasteiger partial charge in [-0.3, -0.25) is 14.6 Å². The number of fused-ring (bicyclic) bond motifs is 3. The van der Waals surface area contributed by atoms with Crippen molar-refractivity contribution in [3.05, 3.63) is 71.4 Å². The zero-order chi connectivity index (χ0) is 42.5. The number of allylic oxidation sites excluding steroid dienone is 1. The number of alkyl carbamates (subject to hydrolysis) is 2. The molecule has 0 bridgehead atoms. The normalized spacial score (nSPS) is 27.5. The molecule has 15 heteroatoms. The third kappa shape index (κ3) is 7.94. The number of nitrogens with one attached hydrogen (secondary N) is 3. The number of aromatic amines is 1. The lowest BCUT2D eigenvalue weighted by atomic mass is 9.90. The van der Waals surface area contributed by atoms with Crippen LogP contribution in [0.1, 0.15) is 86.5 Å². The van der Waals surface area contributed by atoms with Crippen molar-refractivity contribution in [2.45, 2.75) is 94.0 Å². The van der Waals surface area contributed by atoms with Crippen molar-refractivity contribution in [2.24, 2.45) is 28.7 Å². The minimum atomic E-state index is -0.683. The summed E-state index contributed by atoms with van der Waals surface area (Å²) in [6.07, 6.45) is 9.62. The first-order valence-electron chi connectivity index (χ1n) is 22.1. The molecule has 15 nitrogen and oxygen atoms in total. The van der Waals surface area contributed by atoms with E-state index in [9.17, 15) is 19.2 Å². The molecular weight excluding hydrogens is 791 g/mol. The SMILES string of the molecule is COC(=O)N[C@H](C(=O)N1[C@@H]2C[C@@H]2C[C@H]1C1=NC=C(c2ccc3cc(C#Cc4cnc([C@@H]5C[C@H]6C[C@H]6N5C(=O)[C@@H](NC(=O)OC)C5CCOCC5)[nH]4)ccc3c2)C1)C1CCOCC1. The van der Waals surface area contributed by atoms with Crippen LogP contribution in [0.15, 0.2) is 53.8 Å². The molecule has 5 aliphatic heterocycles. The Kier molecular flexibility index (Phi) is 11.0. The Morgan fingerprint density at radius 2 is 1.34 bits per heavy atom. The topological polar surface area (TPSA) is 177 Å². The molecule has 1 aromatic heterocycles. The Hall–Kier alpha value is -5.72. The number of ether oxygens (including phenoxy) is 4. The minimum Gasteiger partial charge on any atom is -0.453 e. The highest BCUT2D eigenvalue weighted by atomic mass is 16.5. The predicted octanol–water partition coefficient (Wildman–Crippen LogP) is 5.10. The maximum atomic E-state index is 14.3. The zero-order valence-corrected chi connectivity index (χ0v) is 35.1. The van der Waals surface area contributed by atoms with Crippen LogP contribution in [-0.4, -0.2) is 120 Å². The van der Waals surface area contributed by atoms with E-state index in [0.717, 1.165) is 58.9 Å². The van der Waals surface area contributed by atoms with Gasteiger partial charge in [-0.15, -0.1) is 0 Å². The number of hydrogen-bond acceptors (Lipinski definition) is 10. The van der Waals surface area contributed by atoms with Crippen LogP contribution < -0.4 is 10.6 Å². The molecule has 4 saturated heterocycles. The molecule has 0 radical (unpaired) electrons. The summed E-state index contributed by atoms with van der Waals surface area (Å²) in [5, 5.41) is 7.86. The number of carbonyl (C=O) groups excluding carboxylic acids is 4. The van der Waals surface area contributed by atoms with Crippen LogP contribution in [0.4, 0.5) is 9.59 Å². The standard InChI is InChI=1S/C47H53N7O8/c1-59-46(57)51-41(27-9-13-61-14-10-27)44(55)53-37-20-32(37)22-39(53)36-19-34(24-48-36)31-7-6-29-17-26(3-5-30(29)18-31)4-8-35-25-49-43(50-35)40-23-33-21-38(33)54(40)45(56)42(52-47(58)60-2)28-11-15-62-16-12-28/h3,5-7,17-18,24-25,27-28,32-33,37-42H,9-16,19-23H2,1-2H3,(H,49,50)(H,51,57)(H,52,58)/t32-,33-,37-,38-,39+,40+,41+,42+/m1/s1. The van der Waals surface area contributed by atoms with Gasteiger partial charge >= 0.3 is 12.2 Å². The van der Waals surface area contributed by atoms with E-state index in [1.54, 1.807) is 6.20 Å². The summed E-state index contributed by atoms with van der Waals surface area (Å²) < 4.78 is 20.9. The number of methoxy groups -OCH3 is 2. The number of likely N-dealkylation sites (tertiary alicyclic amines) is 2. The number of aromatic nitrogens is 2. The second-order valence-corrected chi connectivity index (χ2v) is 17.9. The highest BCUT2D eigenvalue weighted by Gasteiger charge is 2.58. The maximum absolute atomic E-state index is 14.3. The van der Waals surface area contributed by atoms with Gasteiger partial charge < -0.3 is 44.4 Å². The molecule has 4 amide bonds. The molecule has 6 fully saturated rings. The number of hydrogen-bond donors (Lipinski definition) is 3. The van der Waals surface area contributed by atoms with Crippen LogP contribution in [0.5, 0.6) is 0 Å². The van der Waals surface area contributed by atoms with Crippen molar-refractivity contribution in [1.82, 2.24) is 30.4 Å². The predicted molar refractivity (Wildman–Crippen MR) is 228 cm³/mol. The van der Waals surface area contributed by atoms with E-state index >= 15 is 0 Å². The zero-order valence-electron chi connectivity index (χ0n) is 35.1. The van der Waals surface area contributed by atoms with Crippen molar-refractivity contribution in [3.63, 3.8) is 0 Å². The molecule has 2 aromatic carbocycles. The van der Waals surface area contributed by atoms with Crippen LogP contribution in [0.2, 0.25) is 0 Å². The molecule has 7 aliphatic rings. The summed E-state index contributed by atoms with van der Waals surface area (Å²) in [5.74, 6) is 7.97. The molecule has 3 N–H and O–H groups in total. The van der Waals surface area contributed by atoms with Crippen LogP contribution in [-0.2, 0) is 28.5 Å². The monoisotopic (exact) mass is 843 g/mol. The summed E-state index contributed by atoms with van der Waals surface area (Å²) in [6.45, 7) is 2.27. The van der Waals surface area contributed by atoms with Crippen molar-refractivity contribution in [2.75, 3.05) is 40.6 Å². The van der Waals surface area contributed by atoms with Gasteiger partial charge in [0.1, 0.15) is 23.6 Å². The van der Waals surface area contributed by atoms with E-state index in [1.165, 1.54) is 14.2 Å². The first-order valence-corrected chi connectivity index (χ1v) is 22.1. The lowest BCUT2D eigenvalue weighted by Crippen LogP contribution is -2.56. The largest absolute Gasteiger partial charge is 0.453 e. The molecule has 3 aromatic rings. The summed E-state index contributed by atoms with van der Waals surface area (Å²) in [7, 11) is 2.64. The van der Waals surface area contributed by atoms with Gasteiger partial charge in [-0.2, -0.15) is 0 Å². The average molecular weight is 844 g/mol. The maximum Gasteiger partial charge on any atom is 0.407 e. The van der Waals surface area contributed by atoms with Crippen LogP contribution in [0.25, 0.3) is 16.3 Å². The number of nitrogens with zero attached hydrogens (tertiary/aromatic N) is 4. The van der Waals surface area contributed by atoms with Crippen LogP contribution in [0.3, 0.4) is 0 Å². The summed E-state index contributed by atoms with van der Waals surface area (Å²) in [6, 6.07) is 11.3. The Labute approximate surface area is 360 Å². The molecular formula is C47H53N7O8.